The first-order chi connectivity index (χ1) is 17.9. The maximum atomic E-state index is 12.3. The number of hydrogen-bond acceptors (Lipinski definition) is 8. The molecule has 10 heteroatoms. The summed E-state index contributed by atoms with van der Waals surface area (Å²) >= 11 is 0. The molecule has 1 aliphatic carbocycles. The van der Waals surface area contributed by atoms with Crippen LogP contribution in [0.4, 0.5) is 11.6 Å². The van der Waals surface area contributed by atoms with Crippen LogP contribution in [-0.4, -0.2) is 42.3 Å². The summed E-state index contributed by atoms with van der Waals surface area (Å²) in [5, 5.41) is 21.9. The SMILES string of the molecule is Cc1ccc2[nH]ncc2c1-c1cc(-c2ccnc(N[C@H]3c4ccccc4C[C@@H]3O)n2)nc(C(N)=O)c1N. The smallest absolute Gasteiger partial charge is 0.269 e. The first kappa shape index (κ1) is 22.6. The predicted octanol–water partition coefficient (Wildman–Crippen LogP) is 3.14. The maximum Gasteiger partial charge on any atom is 0.269 e. The number of aliphatic hydroxyl groups excluding tert-OH is 1. The van der Waals surface area contributed by atoms with Crippen molar-refractivity contribution in [1.29, 1.82) is 0 Å². The average Bonchev–Trinajstić information content (AvgIpc) is 3.49. The number of primary amides is 1. The van der Waals surface area contributed by atoms with Gasteiger partial charge < -0.3 is 21.9 Å². The van der Waals surface area contributed by atoms with Crippen LogP contribution in [0.25, 0.3) is 33.4 Å². The molecule has 3 aromatic heterocycles. The fourth-order valence-electron chi connectivity index (χ4n) is 5.02. The number of amides is 1. The molecule has 0 saturated heterocycles. The lowest BCUT2D eigenvalue weighted by molar-refractivity contribution is 0.0996. The van der Waals surface area contributed by atoms with Crippen LogP contribution in [0.5, 0.6) is 0 Å². The number of aliphatic hydroxyl groups is 1. The van der Waals surface area contributed by atoms with Crippen molar-refractivity contribution in [3.63, 3.8) is 0 Å². The number of fused-ring (bicyclic) bond motifs is 2. The lowest BCUT2D eigenvalue weighted by Crippen LogP contribution is -2.22. The van der Waals surface area contributed by atoms with Crippen molar-refractivity contribution in [2.24, 2.45) is 5.73 Å². The summed E-state index contributed by atoms with van der Waals surface area (Å²) in [7, 11) is 0. The van der Waals surface area contributed by atoms with Crippen molar-refractivity contribution in [2.45, 2.75) is 25.5 Å². The number of carbonyl (C=O) groups excluding carboxylic acids is 1. The van der Waals surface area contributed by atoms with Gasteiger partial charge in [-0.05, 0) is 47.4 Å². The van der Waals surface area contributed by atoms with Gasteiger partial charge in [-0.3, -0.25) is 9.89 Å². The molecule has 0 saturated carbocycles. The summed E-state index contributed by atoms with van der Waals surface area (Å²) in [6.45, 7) is 1.96. The highest BCUT2D eigenvalue weighted by Gasteiger charge is 2.31. The molecule has 0 radical (unpaired) electrons. The third-order valence-electron chi connectivity index (χ3n) is 6.80. The second-order valence-electron chi connectivity index (χ2n) is 9.13. The zero-order valence-corrected chi connectivity index (χ0v) is 19.9. The molecule has 10 nitrogen and oxygen atoms in total. The molecule has 1 aliphatic rings. The van der Waals surface area contributed by atoms with Crippen molar-refractivity contribution in [1.82, 2.24) is 25.1 Å². The lowest BCUT2D eigenvalue weighted by atomic mass is 9.94. The van der Waals surface area contributed by atoms with Crippen LogP contribution < -0.4 is 16.8 Å². The third-order valence-corrected chi connectivity index (χ3v) is 6.80. The number of nitrogens with two attached hydrogens (primary N) is 2. The van der Waals surface area contributed by atoms with Crippen LogP contribution in [0.3, 0.4) is 0 Å². The Kier molecular flexibility index (Phi) is 5.31. The van der Waals surface area contributed by atoms with Gasteiger partial charge in [-0.1, -0.05) is 30.3 Å². The molecule has 6 rings (SSSR count). The van der Waals surface area contributed by atoms with E-state index in [4.69, 9.17) is 11.5 Å². The largest absolute Gasteiger partial charge is 0.396 e. The summed E-state index contributed by atoms with van der Waals surface area (Å²) < 4.78 is 0. The van der Waals surface area contributed by atoms with Gasteiger partial charge in [0.05, 0.1) is 40.9 Å². The Morgan fingerprint density at radius 2 is 1.97 bits per heavy atom. The number of rotatable bonds is 5. The molecule has 0 bridgehead atoms. The molecule has 1 amide bonds. The Balaban J connectivity index is 1.45. The Hall–Kier alpha value is -4.83. The molecule has 0 unspecified atom stereocenters. The normalized spacial score (nSPS) is 16.6. The number of nitrogen functional groups attached to an aromatic ring is 1. The summed E-state index contributed by atoms with van der Waals surface area (Å²) in [5.41, 5.74) is 18.4. The molecule has 0 fully saturated rings. The molecule has 5 aromatic rings. The summed E-state index contributed by atoms with van der Waals surface area (Å²) in [6, 6.07) is 14.9. The van der Waals surface area contributed by atoms with E-state index in [1.54, 1.807) is 24.5 Å². The number of aryl methyl sites for hydroxylation is 1. The first-order valence-electron chi connectivity index (χ1n) is 11.8. The number of nitrogens with zero attached hydrogens (tertiary/aromatic N) is 4. The second kappa shape index (κ2) is 8.68. The molecule has 37 heavy (non-hydrogen) atoms. The predicted molar refractivity (Wildman–Crippen MR) is 141 cm³/mol. The van der Waals surface area contributed by atoms with Gasteiger partial charge in [0.2, 0.25) is 5.95 Å². The number of anilines is 2. The maximum absolute atomic E-state index is 12.3. The van der Waals surface area contributed by atoms with Gasteiger partial charge in [0.15, 0.2) is 5.69 Å². The highest BCUT2D eigenvalue weighted by Crippen LogP contribution is 2.38. The Labute approximate surface area is 211 Å². The minimum Gasteiger partial charge on any atom is -0.396 e. The van der Waals surface area contributed by atoms with E-state index in [0.29, 0.717) is 29.3 Å². The van der Waals surface area contributed by atoms with Crippen LogP contribution in [0.15, 0.2) is 60.9 Å². The van der Waals surface area contributed by atoms with Crippen molar-refractivity contribution in [3.05, 3.63) is 83.3 Å². The second-order valence-corrected chi connectivity index (χ2v) is 9.13. The average molecular weight is 493 g/mol. The topological polar surface area (TPSA) is 169 Å². The number of H-pyrrole nitrogens is 1. The number of aromatic nitrogens is 5. The minimum atomic E-state index is -0.740. The van der Waals surface area contributed by atoms with Crippen LogP contribution in [0.2, 0.25) is 0 Å². The number of pyridine rings is 1. The van der Waals surface area contributed by atoms with Crippen molar-refractivity contribution in [3.8, 4) is 22.5 Å². The summed E-state index contributed by atoms with van der Waals surface area (Å²) in [5.74, 6) is -0.414. The highest BCUT2D eigenvalue weighted by molar-refractivity contribution is 6.05. The standard InChI is InChI=1S/C27H24N8O2/c1-13-6-7-18-17(12-31-35-18)22(13)16-11-20(32-25(23(16)28)26(29)37)19-8-9-30-27(33-19)34-24-15-5-3-2-4-14(15)10-21(24)36/h2-9,11-12,21,24,36H,10,28H2,1H3,(H2,29,37)(H,31,35)(H,30,33,34)/t21-,24-/m0/s1. The van der Waals surface area contributed by atoms with Crippen LogP contribution in [0, 0.1) is 6.92 Å². The number of nitrogens with one attached hydrogen (secondary N) is 2. The minimum absolute atomic E-state index is 0.0411. The van der Waals surface area contributed by atoms with Gasteiger partial charge in [0.1, 0.15) is 0 Å². The monoisotopic (exact) mass is 492 g/mol. The highest BCUT2D eigenvalue weighted by atomic mass is 16.3. The third kappa shape index (κ3) is 3.83. The van der Waals surface area contributed by atoms with E-state index in [9.17, 15) is 9.90 Å². The van der Waals surface area contributed by atoms with Gasteiger partial charge in [0.25, 0.3) is 5.91 Å². The molecular formula is C27H24N8O2. The van der Waals surface area contributed by atoms with Gasteiger partial charge in [-0.15, -0.1) is 0 Å². The Morgan fingerprint density at radius 1 is 1.14 bits per heavy atom. The fraction of sp³-hybridized carbons (Fsp3) is 0.148. The Bertz CT molecular complexity index is 1680. The molecular weight excluding hydrogens is 468 g/mol. The Morgan fingerprint density at radius 3 is 2.81 bits per heavy atom. The van der Waals surface area contributed by atoms with E-state index in [0.717, 1.165) is 33.2 Å². The zero-order valence-electron chi connectivity index (χ0n) is 19.9. The molecule has 2 aromatic carbocycles. The van der Waals surface area contributed by atoms with E-state index < -0.39 is 12.0 Å². The van der Waals surface area contributed by atoms with E-state index in [2.05, 4.69) is 30.5 Å². The number of benzene rings is 2. The molecule has 2 atom stereocenters. The summed E-state index contributed by atoms with van der Waals surface area (Å²) in [6.07, 6.45) is 3.27. The number of aromatic amines is 1. The van der Waals surface area contributed by atoms with E-state index in [-0.39, 0.29) is 17.4 Å². The quantitative estimate of drug-likeness (QED) is 0.249. The fourth-order valence-corrected chi connectivity index (χ4v) is 5.02. The van der Waals surface area contributed by atoms with E-state index in [1.165, 1.54) is 0 Å². The van der Waals surface area contributed by atoms with Crippen LogP contribution >= 0.6 is 0 Å². The van der Waals surface area contributed by atoms with E-state index in [1.807, 2.05) is 43.3 Å². The van der Waals surface area contributed by atoms with Gasteiger partial charge in [-0.2, -0.15) is 5.10 Å². The molecule has 7 N–H and O–H groups in total. The van der Waals surface area contributed by atoms with Gasteiger partial charge >= 0.3 is 0 Å². The number of hydrogen-bond donors (Lipinski definition) is 5. The van der Waals surface area contributed by atoms with Crippen molar-refractivity contribution >= 4 is 28.4 Å². The van der Waals surface area contributed by atoms with Gasteiger partial charge in [0, 0.05) is 23.6 Å². The summed E-state index contributed by atoms with van der Waals surface area (Å²) in [4.78, 5) is 25.8. The lowest BCUT2D eigenvalue weighted by Gasteiger charge is -2.18. The van der Waals surface area contributed by atoms with Crippen LogP contribution in [-0.2, 0) is 6.42 Å². The molecule has 184 valence electrons. The molecule has 3 heterocycles. The van der Waals surface area contributed by atoms with Crippen molar-refractivity contribution in [2.75, 3.05) is 11.1 Å². The first-order valence-corrected chi connectivity index (χ1v) is 11.8. The van der Waals surface area contributed by atoms with Crippen molar-refractivity contribution < 1.29 is 9.90 Å². The van der Waals surface area contributed by atoms with Gasteiger partial charge in [-0.25, -0.2) is 15.0 Å². The number of carbonyl (C=O) groups is 1. The van der Waals surface area contributed by atoms with E-state index >= 15 is 0 Å². The van der Waals surface area contributed by atoms with Crippen LogP contribution in [0.1, 0.15) is 33.2 Å². The zero-order chi connectivity index (χ0) is 25.7. The molecule has 0 spiro atoms. The molecule has 0 aliphatic heterocycles.